The lowest BCUT2D eigenvalue weighted by atomic mass is 9.95. The molecule has 40 heavy (non-hydrogen) atoms. The summed E-state index contributed by atoms with van der Waals surface area (Å²) in [6, 6.07) is 18.2. The maximum absolute atomic E-state index is 13.9. The topological polar surface area (TPSA) is 81.9 Å². The van der Waals surface area contributed by atoms with Crippen molar-refractivity contribution in [2.45, 2.75) is 26.8 Å². The van der Waals surface area contributed by atoms with Crippen LogP contribution in [0.5, 0.6) is 11.5 Å². The number of aryl methyl sites for hydroxylation is 2. The van der Waals surface area contributed by atoms with Crippen molar-refractivity contribution >= 4 is 44.9 Å². The highest BCUT2D eigenvalue weighted by molar-refractivity contribution is 9.10. The number of allylic oxidation sites excluding steroid dienone is 1. The van der Waals surface area contributed by atoms with Crippen LogP contribution < -0.4 is 29.7 Å². The highest BCUT2D eigenvalue weighted by atomic mass is 79.9. The predicted molar refractivity (Wildman–Crippen MR) is 162 cm³/mol. The van der Waals surface area contributed by atoms with E-state index in [1.54, 1.807) is 18.8 Å². The number of hydrogen-bond acceptors (Lipinski definition) is 6. The lowest BCUT2D eigenvalue weighted by molar-refractivity contribution is -0.113. The number of hydrogen-bond donors (Lipinski definition) is 1. The van der Waals surface area contributed by atoms with Crippen LogP contribution in [0.3, 0.4) is 0 Å². The summed E-state index contributed by atoms with van der Waals surface area (Å²) in [6.07, 6.45) is 1.83. The van der Waals surface area contributed by atoms with E-state index >= 15 is 0 Å². The largest absolute Gasteiger partial charge is 0.497 e. The van der Waals surface area contributed by atoms with Gasteiger partial charge >= 0.3 is 0 Å². The molecule has 1 atom stereocenters. The minimum absolute atomic E-state index is 0.221. The third-order valence-corrected chi connectivity index (χ3v) is 8.40. The second kappa shape index (κ2) is 11.3. The molecule has 5 rings (SSSR count). The number of carbonyl (C=O) groups excluding carboxylic acids is 1. The van der Waals surface area contributed by atoms with Crippen molar-refractivity contribution in [3.8, 4) is 11.5 Å². The van der Waals surface area contributed by atoms with Gasteiger partial charge in [0.05, 0.1) is 40.5 Å². The number of aromatic nitrogens is 1. The van der Waals surface area contributed by atoms with E-state index in [0.29, 0.717) is 37.8 Å². The third kappa shape index (κ3) is 5.26. The molecule has 1 aromatic heterocycles. The second-order valence-corrected chi connectivity index (χ2v) is 11.4. The minimum Gasteiger partial charge on any atom is -0.497 e. The maximum atomic E-state index is 13.9. The van der Waals surface area contributed by atoms with E-state index in [-0.39, 0.29) is 11.5 Å². The van der Waals surface area contributed by atoms with E-state index in [1.165, 1.54) is 11.3 Å². The number of ether oxygens (including phenoxy) is 2. The Morgan fingerprint density at radius 2 is 1.77 bits per heavy atom. The van der Waals surface area contributed by atoms with Crippen LogP contribution in [0.1, 0.15) is 35.2 Å². The first-order valence-corrected chi connectivity index (χ1v) is 14.2. The Balaban J connectivity index is 1.65. The lowest BCUT2D eigenvalue weighted by Gasteiger charge is -2.25. The molecule has 2 heterocycles. The summed E-state index contributed by atoms with van der Waals surface area (Å²) in [5, 5.41) is 3.06. The fourth-order valence-electron chi connectivity index (χ4n) is 4.78. The van der Waals surface area contributed by atoms with Crippen molar-refractivity contribution in [1.29, 1.82) is 0 Å². The Hall–Kier alpha value is -3.95. The number of halogens is 1. The summed E-state index contributed by atoms with van der Waals surface area (Å²) in [4.78, 5) is 33.0. The number of carbonyl (C=O) groups is 1. The SMILES string of the molecule is COc1ccc([C@H]2C(C(=O)Nc3ccc(C)cc3C)=C(C)N=c3s/c(=C/c4ccc(OC)c(Br)c4)c(=O)n32)cc1. The number of methoxy groups -OCH3 is 2. The highest BCUT2D eigenvalue weighted by Crippen LogP contribution is 2.32. The van der Waals surface area contributed by atoms with E-state index in [2.05, 4.69) is 21.2 Å². The molecular weight excluding hydrogens is 590 g/mol. The molecule has 1 aliphatic heterocycles. The fraction of sp³-hybridized carbons (Fsp3) is 0.194. The summed E-state index contributed by atoms with van der Waals surface area (Å²) in [6.45, 7) is 5.77. The second-order valence-electron chi connectivity index (χ2n) is 9.52. The first-order chi connectivity index (χ1) is 19.2. The standard InChI is InChI=1S/C31H28BrN3O4S/c1-17-6-12-24(18(2)14-17)34-29(36)27-19(3)33-31-35(28(27)21-8-10-22(38-4)11-9-21)30(37)26(40-31)16-20-7-13-25(39-5)23(32)15-20/h6-16,28H,1-5H3,(H,34,36)/b26-16+/t28-/m0/s1. The van der Waals surface area contributed by atoms with E-state index in [1.807, 2.05) is 87.5 Å². The Morgan fingerprint density at radius 1 is 1.02 bits per heavy atom. The molecule has 204 valence electrons. The zero-order valence-electron chi connectivity index (χ0n) is 22.7. The summed E-state index contributed by atoms with van der Waals surface area (Å²) in [5.41, 5.74) is 5.14. The van der Waals surface area contributed by atoms with Crippen LogP contribution in [0.25, 0.3) is 6.08 Å². The molecule has 4 aromatic rings. The molecule has 9 heteroatoms. The van der Waals surface area contributed by atoms with Gasteiger partial charge in [0.25, 0.3) is 11.5 Å². The van der Waals surface area contributed by atoms with Gasteiger partial charge in [-0.25, -0.2) is 4.99 Å². The van der Waals surface area contributed by atoms with Crippen LogP contribution >= 0.6 is 27.3 Å². The molecule has 0 saturated carbocycles. The Labute approximate surface area is 244 Å². The molecular formula is C31H28BrN3O4S. The average molecular weight is 619 g/mol. The van der Waals surface area contributed by atoms with Crippen LogP contribution in [0.15, 0.2) is 86.2 Å². The van der Waals surface area contributed by atoms with Crippen LogP contribution in [-0.2, 0) is 4.79 Å². The summed E-state index contributed by atoms with van der Waals surface area (Å²) in [7, 11) is 3.20. The van der Waals surface area contributed by atoms with Crippen molar-refractivity contribution in [2.75, 3.05) is 19.5 Å². The first-order valence-electron chi connectivity index (χ1n) is 12.6. The smallest absolute Gasteiger partial charge is 0.271 e. The van der Waals surface area contributed by atoms with Gasteiger partial charge in [-0.05, 0) is 89.8 Å². The molecule has 0 radical (unpaired) electrons. The summed E-state index contributed by atoms with van der Waals surface area (Å²) >= 11 is 4.81. The number of thiazole rings is 1. The van der Waals surface area contributed by atoms with Gasteiger partial charge in [0.1, 0.15) is 11.5 Å². The average Bonchev–Trinajstić information content (AvgIpc) is 3.23. The van der Waals surface area contributed by atoms with Crippen molar-refractivity contribution in [3.05, 3.63) is 118 Å². The molecule has 7 nitrogen and oxygen atoms in total. The molecule has 1 amide bonds. The van der Waals surface area contributed by atoms with Crippen LogP contribution in [0, 0.1) is 13.8 Å². The summed E-state index contributed by atoms with van der Waals surface area (Å²) < 4.78 is 13.6. The number of anilines is 1. The zero-order valence-corrected chi connectivity index (χ0v) is 25.1. The van der Waals surface area contributed by atoms with Gasteiger partial charge in [-0.15, -0.1) is 0 Å². The van der Waals surface area contributed by atoms with Gasteiger partial charge in [-0.1, -0.05) is 47.2 Å². The maximum Gasteiger partial charge on any atom is 0.271 e. The quantitative estimate of drug-likeness (QED) is 0.319. The van der Waals surface area contributed by atoms with Gasteiger partial charge in [0.15, 0.2) is 4.80 Å². The molecule has 3 aromatic carbocycles. The minimum atomic E-state index is -0.669. The summed E-state index contributed by atoms with van der Waals surface area (Å²) in [5.74, 6) is 1.08. The normalized spacial score (nSPS) is 14.9. The molecule has 0 fully saturated rings. The van der Waals surface area contributed by atoms with Crippen molar-refractivity contribution < 1.29 is 14.3 Å². The first kappa shape index (κ1) is 27.6. The van der Waals surface area contributed by atoms with E-state index in [4.69, 9.17) is 14.5 Å². The highest BCUT2D eigenvalue weighted by Gasteiger charge is 2.32. The number of amides is 1. The predicted octanol–water partition coefficient (Wildman–Crippen LogP) is 5.27. The Kier molecular flexibility index (Phi) is 7.78. The van der Waals surface area contributed by atoms with Gasteiger partial charge in [-0.2, -0.15) is 0 Å². The molecule has 0 aliphatic carbocycles. The molecule has 0 bridgehead atoms. The zero-order chi connectivity index (χ0) is 28.6. The van der Waals surface area contributed by atoms with E-state index < -0.39 is 6.04 Å². The van der Waals surface area contributed by atoms with Gasteiger partial charge in [0, 0.05) is 5.69 Å². The van der Waals surface area contributed by atoms with Gasteiger partial charge in [0.2, 0.25) is 0 Å². The van der Waals surface area contributed by atoms with Crippen LogP contribution in [-0.4, -0.2) is 24.7 Å². The van der Waals surface area contributed by atoms with Crippen LogP contribution in [0.4, 0.5) is 5.69 Å². The monoisotopic (exact) mass is 617 g/mol. The fourth-order valence-corrected chi connectivity index (χ4v) is 6.39. The lowest BCUT2D eigenvalue weighted by Crippen LogP contribution is -2.40. The molecule has 0 unspecified atom stereocenters. The van der Waals surface area contributed by atoms with Gasteiger partial charge in [-0.3, -0.25) is 14.2 Å². The van der Waals surface area contributed by atoms with Crippen molar-refractivity contribution in [3.63, 3.8) is 0 Å². The van der Waals surface area contributed by atoms with Gasteiger partial charge < -0.3 is 14.8 Å². The van der Waals surface area contributed by atoms with Crippen LogP contribution in [0.2, 0.25) is 0 Å². The number of nitrogens with one attached hydrogen (secondary N) is 1. The number of benzene rings is 3. The van der Waals surface area contributed by atoms with E-state index in [0.717, 1.165) is 26.7 Å². The van der Waals surface area contributed by atoms with Crippen molar-refractivity contribution in [2.24, 2.45) is 4.99 Å². The molecule has 0 spiro atoms. The Bertz CT molecular complexity index is 1840. The van der Waals surface area contributed by atoms with E-state index in [9.17, 15) is 9.59 Å². The molecule has 1 N–H and O–H groups in total. The number of rotatable bonds is 6. The number of nitrogens with zero attached hydrogens (tertiary/aromatic N) is 2. The molecule has 0 saturated heterocycles. The van der Waals surface area contributed by atoms with Crippen molar-refractivity contribution in [1.82, 2.24) is 4.57 Å². The number of fused-ring (bicyclic) bond motifs is 1. The third-order valence-electron chi connectivity index (χ3n) is 6.80. The Morgan fingerprint density at radius 3 is 2.42 bits per heavy atom. The molecule has 1 aliphatic rings.